The third-order valence-corrected chi connectivity index (χ3v) is 4.74. The molecule has 5 nitrogen and oxygen atoms in total. The van der Waals surface area contributed by atoms with E-state index in [1.54, 1.807) is 0 Å². The molecule has 21 heavy (non-hydrogen) atoms. The number of hydrogen-bond donors (Lipinski definition) is 1. The summed E-state index contributed by atoms with van der Waals surface area (Å²) in [5, 5.41) is 0. The van der Waals surface area contributed by atoms with Crippen molar-refractivity contribution in [3.8, 4) is 0 Å². The SMILES string of the molecule is Cc1ccc(C(CN)N2CCC(N3CCOCC3)C2)cn1. The first kappa shape index (κ1) is 14.9. The van der Waals surface area contributed by atoms with E-state index < -0.39 is 0 Å². The largest absolute Gasteiger partial charge is 0.379 e. The minimum Gasteiger partial charge on any atom is -0.379 e. The molecule has 2 aliphatic rings. The topological polar surface area (TPSA) is 54.6 Å². The van der Waals surface area contributed by atoms with Gasteiger partial charge < -0.3 is 10.5 Å². The summed E-state index contributed by atoms with van der Waals surface area (Å²) in [5.74, 6) is 0. The summed E-state index contributed by atoms with van der Waals surface area (Å²) < 4.78 is 5.45. The molecule has 0 saturated carbocycles. The lowest BCUT2D eigenvalue weighted by Crippen LogP contribution is -2.45. The molecule has 0 bridgehead atoms. The Morgan fingerprint density at radius 1 is 1.33 bits per heavy atom. The molecule has 2 fully saturated rings. The van der Waals surface area contributed by atoms with Crippen molar-refractivity contribution in [2.45, 2.75) is 25.4 Å². The van der Waals surface area contributed by atoms with Crippen molar-refractivity contribution in [2.75, 3.05) is 45.9 Å². The Labute approximate surface area is 127 Å². The zero-order valence-electron chi connectivity index (χ0n) is 12.9. The summed E-state index contributed by atoms with van der Waals surface area (Å²) in [6.45, 7) is 8.78. The van der Waals surface area contributed by atoms with Gasteiger partial charge in [-0.15, -0.1) is 0 Å². The van der Waals surface area contributed by atoms with Gasteiger partial charge in [-0.3, -0.25) is 14.8 Å². The second-order valence-electron chi connectivity index (χ2n) is 6.07. The Hall–Kier alpha value is -1.01. The number of rotatable bonds is 4. The number of nitrogens with zero attached hydrogens (tertiary/aromatic N) is 3. The fourth-order valence-electron chi connectivity index (χ4n) is 3.46. The fraction of sp³-hybridized carbons (Fsp3) is 0.688. The highest BCUT2D eigenvalue weighted by atomic mass is 16.5. The molecule has 2 atom stereocenters. The van der Waals surface area contributed by atoms with E-state index in [1.165, 1.54) is 12.0 Å². The summed E-state index contributed by atoms with van der Waals surface area (Å²) in [4.78, 5) is 9.51. The quantitative estimate of drug-likeness (QED) is 0.889. The molecular weight excluding hydrogens is 264 g/mol. The summed E-state index contributed by atoms with van der Waals surface area (Å²) in [6, 6.07) is 5.20. The Morgan fingerprint density at radius 2 is 2.14 bits per heavy atom. The van der Waals surface area contributed by atoms with Crippen LogP contribution in [0.15, 0.2) is 18.3 Å². The second kappa shape index (κ2) is 6.83. The van der Waals surface area contributed by atoms with E-state index in [2.05, 4.69) is 26.9 Å². The van der Waals surface area contributed by atoms with Gasteiger partial charge in [0, 0.05) is 56.7 Å². The highest BCUT2D eigenvalue weighted by Crippen LogP contribution is 2.26. The molecule has 1 aromatic heterocycles. The van der Waals surface area contributed by atoms with Crippen molar-refractivity contribution in [3.05, 3.63) is 29.6 Å². The van der Waals surface area contributed by atoms with Gasteiger partial charge in [-0.25, -0.2) is 0 Å². The maximum atomic E-state index is 6.04. The smallest absolute Gasteiger partial charge is 0.0594 e. The van der Waals surface area contributed by atoms with E-state index in [9.17, 15) is 0 Å². The minimum atomic E-state index is 0.296. The number of aromatic nitrogens is 1. The van der Waals surface area contributed by atoms with E-state index >= 15 is 0 Å². The average molecular weight is 290 g/mol. The lowest BCUT2D eigenvalue weighted by atomic mass is 10.1. The zero-order valence-corrected chi connectivity index (χ0v) is 12.9. The van der Waals surface area contributed by atoms with Gasteiger partial charge in [0.25, 0.3) is 0 Å². The van der Waals surface area contributed by atoms with Crippen molar-refractivity contribution >= 4 is 0 Å². The minimum absolute atomic E-state index is 0.296. The summed E-state index contributed by atoms with van der Waals surface area (Å²) >= 11 is 0. The molecule has 0 aliphatic carbocycles. The number of aryl methyl sites for hydroxylation is 1. The Morgan fingerprint density at radius 3 is 2.81 bits per heavy atom. The van der Waals surface area contributed by atoms with Crippen LogP contribution < -0.4 is 5.73 Å². The number of hydrogen-bond acceptors (Lipinski definition) is 5. The van der Waals surface area contributed by atoms with Gasteiger partial charge in [0.2, 0.25) is 0 Å². The third kappa shape index (κ3) is 3.43. The van der Waals surface area contributed by atoms with E-state index in [-0.39, 0.29) is 0 Å². The zero-order chi connectivity index (χ0) is 14.7. The van der Waals surface area contributed by atoms with Gasteiger partial charge in [-0.05, 0) is 25.0 Å². The predicted molar refractivity (Wildman–Crippen MR) is 83.1 cm³/mol. The van der Waals surface area contributed by atoms with Crippen LogP contribution in [-0.2, 0) is 4.74 Å². The van der Waals surface area contributed by atoms with Gasteiger partial charge in [0.1, 0.15) is 0 Å². The monoisotopic (exact) mass is 290 g/mol. The van der Waals surface area contributed by atoms with Crippen LogP contribution in [0.25, 0.3) is 0 Å². The molecule has 2 aliphatic heterocycles. The molecule has 0 amide bonds. The van der Waals surface area contributed by atoms with Crippen molar-refractivity contribution in [1.82, 2.24) is 14.8 Å². The Kier molecular flexibility index (Phi) is 4.85. The summed E-state index contributed by atoms with van der Waals surface area (Å²) in [6.07, 6.45) is 3.21. The van der Waals surface area contributed by atoms with Gasteiger partial charge in [0.15, 0.2) is 0 Å². The van der Waals surface area contributed by atoms with Crippen LogP contribution >= 0.6 is 0 Å². The van der Waals surface area contributed by atoms with Gasteiger partial charge >= 0.3 is 0 Å². The Balaban J connectivity index is 1.64. The van der Waals surface area contributed by atoms with Crippen molar-refractivity contribution in [3.63, 3.8) is 0 Å². The van der Waals surface area contributed by atoms with Gasteiger partial charge in [-0.2, -0.15) is 0 Å². The summed E-state index contributed by atoms with van der Waals surface area (Å²) in [7, 11) is 0. The maximum Gasteiger partial charge on any atom is 0.0594 e. The third-order valence-electron chi connectivity index (χ3n) is 4.74. The van der Waals surface area contributed by atoms with Crippen LogP contribution in [0.1, 0.15) is 23.7 Å². The average Bonchev–Trinajstić information content (AvgIpc) is 3.00. The highest BCUT2D eigenvalue weighted by Gasteiger charge is 2.32. The molecule has 2 unspecified atom stereocenters. The predicted octanol–water partition coefficient (Wildman–Crippen LogP) is 0.796. The van der Waals surface area contributed by atoms with Gasteiger partial charge in [-0.1, -0.05) is 6.07 Å². The van der Waals surface area contributed by atoms with E-state index in [0.29, 0.717) is 18.6 Å². The lowest BCUT2D eigenvalue weighted by Gasteiger charge is -2.33. The normalized spacial score (nSPS) is 26.1. The van der Waals surface area contributed by atoms with E-state index in [0.717, 1.165) is 45.1 Å². The molecule has 2 saturated heterocycles. The first-order valence-corrected chi connectivity index (χ1v) is 7.96. The Bertz CT molecular complexity index is 444. The van der Waals surface area contributed by atoms with Crippen molar-refractivity contribution < 1.29 is 4.74 Å². The lowest BCUT2D eigenvalue weighted by molar-refractivity contribution is 0.0176. The molecular formula is C16H26N4O. The van der Waals surface area contributed by atoms with Crippen LogP contribution in [0.3, 0.4) is 0 Å². The van der Waals surface area contributed by atoms with Crippen LogP contribution in [0, 0.1) is 6.92 Å². The van der Waals surface area contributed by atoms with E-state index in [1.807, 2.05) is 13.1 Å². The molecule has 0 radical (unpaired) electrons. The maximum absolute atomic E-state index is 6.04. The van der Waals surface area contributed by atoms with Gasteiger partial charge in [0.05, 0.1) is 13.2 Å². The van der Waals surface area contributed by atoms with E-state index in [4.69, 9.17) is 10.5 Å². The standard InChI is InChI=1S/C16H26N4O/c1-13-2-3-14(11-18-13)16(10-17)20-5-4-15(12-20)19-6-8-21-9-7-19/h2-3,11,15-16H,4-10,12,17H2,1H3. The fourth-order valence-corrected chi connectivity index (χ4v) is 3.46. The van der Waals surface area contributed by atoms with Crippen molar-refractivity contribution in [1.29, 1.82) is 0 Å². The highest BCUT2D eigenvalue weighted by molar-refractivity contribution is 5.18. The first-order valence-electron chi connectivity index (χ1n) is 7.96. The van der Waals surface area contributed by atoms with Crippen LogP contribution in [0.2, 0.25) is 0 Å². The first-order chi connectivity index (χ1) is 10.3. The number of likely N-dealkylation sites (tertiary alicyclic amines) is 1. The van der Waals surface area contributed by atoms with Crippen LogP contribution in [-0.4, -0.2) is 66.8 Å². The van der Waals surface area contributed by atoms with Crippen LogP contribution in [0.4, 0.5) is 0 Å². The molecule has 2 N–H and O–H groups in total. The second-order valence-corrected chi connectivity index (χ2v) is 6.07. The van der Waals surface area contributed by atoms with Crippen LogP contribution in [0.5, 0.6) is 0 Å². The number of ether oxygens (including phenoxy) is 1. The molecule has 3 rings (SSSR count). The molecule has 3 heterocycles. The molecule has 1 aromatic rings. The molecule has 116 valence electrons. The summed E-state index contributed by atoms with van der Waals surface area (Å²) in [5.41, 5.74) is 8.34. The molecule has 5 heteroatoms. The number of nitrogens with two attached hydrogens (primary N) is 1. The molecule has 0 aromatic carbocycles. The van der Waals surface area contributed by atoms with Crippen molar-refractivity contribution in [2.24, 2.45) is 5.73 Å². The number of morpholine rings is 1. The number of pyridine rings is 1. The molecule has 0 spiro atoms.